The molecule has 0 spiro atoms. The summed E-state index contributed by atoms with van der Waals surface area (Å²) in [6.07, 6.45) is -10.3. The normalized spacial score (nSPS) is 11.8. The number of hydrogen-bond acceptors (Lipinski definition) is 4. The predicted molar refractivity (Wildman–Crippen MR) is 84.0 cm³/mol. The Bertz CT molecular complexity index is 892. The van der Waals surface area contributed by atoms with E-state index in [-0.39, 0.29) is 23.9 Å². The molecule has 1 N–H and O–H groups in total. The summed E-state index contributed by atoms with van der Waals surface area (Å²) in [7, 11) is 1.22. The highest BCUT2D eigenvalue weighted by atomic mass is 19.4. The van der Waals surface area contributed by atoms with Crippen LogP contribution in [0.3, 0.4) is 0 Å². The summed E-state index contributed by atoms with van der Waals surface area (Å²) in [6.45, 7) is 0. The molecule has 2 aromatic rings. The molecule has 0 radical (unpaired) electrons. The number of ether oxygens (including phenoxy) is 1. The largest absolute Gasteiger partial charge is 0.496 e. The predicted octanol–water partition coefficient (Wildman–Crippen LogP) is 4.89. The van der Waals surface area contributed by atoms with Crippen molar-refractivity contribution in [3.63, 3.8) is 0 Å². The SMILES string of the molecule is COc1ccc(NC(=O)c2cc(C(F)(F)F)cc(C(F)(F)F)c2)c([N+](=O)[O-])c1. The number of nitro groups is 1. The quantitative estimate of drug-likeness (QED) is 0.444. The number of alkyl halides is 6. The van der Waals surface area contributed by atoms with E-state index in [2.05, 4.69) is 0 Å². The molecule has 0 aromatic heterocycles. The summed E-state index contributed by atoms with van der Waals surface area (Å²) in [4.78, 5) is 22.4. The van der Waals surface area contributed by atoms with E-state index in [0.717, 1.165) is 12.1 Å². The number of nitro benzene ring substituents is 1. The summed E-state index contributed by atoms with van der Waals surface area (Å²) in [5.41, 5.74) is -5.42. The minimum Gasteiger partial charge on any atom is -0.496 e. The first-order valence-corrected chi connectivity index (χ1v) is 7.26. The molecule has 0 saturated heterocycles. The third kappa shape index (κ3) is 4.69. The molecule has 12 heteroatoms. The van der Waals surface area contributed by atoms with Gasteiger partial charge in [-0.3, -0.25) is 14.9 Å². The average Bonchev–Trinajstić information content (AvgIpc) is 2.59. The lowest BCUT2D eigenvalue weighted by Gasteiger charge is -2.14. The summed E-state index contributed by atoms with van der Waals surface area (Å²) in [5, 5.41) is 13.0. The zero-order valence-electron chi connectivity index (χ0n) is 13.8. The number of methoxy groups -OCH3 is 1. The first kappa shape index (κ1) is 21.0. The van der Waals surface area contributed by atoms with Gasteiger partial charge in [0.05, 0.1) is 29.2 Å². The molecule has 6 nitrogen and oxygen atoms in total. The van der Waals surface area contributed by atoms with Gasteiger partial charge in [-0.15, -0.1) is 0 Å². The summed E-state index contributed by atoms with van der Waals surface area (Å²) in [5.74, 6) is -1.33. The highest BCUT2D eigenvalue weighted by Gasteiger charge is 2.37. The molecule has 1 amide bonds. The number of carbonyl (C=O) groups excluding carboxylic acids is 1. The van der Waals surface area contributed by atoms with E-state index in [4.69, 9.17) is 4.74 Å². The van der Waals surface area contributed by atoms with Gasteiger partial charge in [0.1, 0.15) is 11.4 Å². The minimum atomic E-state index is -5.14. The topological polar surface area (TPSA) is 81.5 Å². The Balaban J connectivity index is 2.49. The van der Waals surface area contributed by atoms with Crippen molar-refractivity contribution in [3.05, 3.63) is 63.2 Å². The van der Waals surface area contributed by atoms with Crippen LogP contribution in [-0.2, 0) is 12.4 Å². The van der Waals surface area contributed by atoms with Gasteiger partial charge < -0.3 is 10.1 Å². The number of nitrogens with one attached hydrogen (secondary N) is 1. The molecular weight excluding hydrogens is 398 g/mol. The number of amides is 1. The van der Waals surface area contributed by atoms with Crippen molar-refractivity contribution < 1.29 is 40.8 Å². The molecule has 0 fully saturated rings. The van der Waals surface area contributed by atoms with Gasteiger partial charge in [0.15, 0.2) is 0 Å². The van der Waals surface area contributed by atoms with Gasteiger partial charge in [-0.05, 0) is 30.3 Å². The van der Waals surface area contributed by atoms with Crippen LogP contribution >= 0.6 is 0 Å². The van der Waals surface area contributed by atoms with E-state index in [1.54, 1.807) is 0 Å². The number of benzene rings is 2. The summed E-state index contributed by atoms with van der Waals surface area (Å²) in [6, 6.07) is 3.50. The van der Waals surface area contributed by atoms with Crippen LogP contribution in [0.4, 0.5) is 37.7 Å². The number of nitrogens with zero attached hydrogens (tertiary/aromatic N) is 1. The fraction of sp³-hybridized carbons (Fsp3) is 0.188. The molecule has 2 aromatic carbocycles. The van der Waals surface area contributed by atoms with Crippen LogP contribution in [0.5, 0.6) is 5.75 Å². The van der Waals surface area contributed by atoms with Crippen molar-refractivity contribution in [2.24, 2.45) is 0 Å². The molecule has 0 heterocycles. The summed E-state index contributed by atoms with van der Waals surface area (Å²) < 4.78 is 82.1. The Labute approximate surface area is 152 Å². The van der Waals surface area contributed by atoms with Gasteiger partial charge in [-0.25, -0.2) is 0 Å². The molecule has 0 unspecified atom stereocenters. The molecular formula is C16H10F6N2O4. The molecule has 0 aliphatic carbocycles. The second-order valence-electron chi connectivity index (χ2n) is 5.39. The molecule has 0 bridgehead atoms. The standard InChI is InChI=1S/C16H10F6N2O4/c1-28-11-2-3-12(13(7-11)24(26)27)23-14(25)8-4-9(15(17,18)19)6-10(5-8)16(20,21)22/h2-7H,1H3,(H,23,25). The van der Waals surface area contributed by atoms with Crippen molar-refractivity contribution in [1.82, 2.24) is 0 Å². The molecule has 28 heavy (non-hydrogen) atoms. The Morgan fingerprint density at radius 1 is 1.00 bits per heavy atom. The van der Waals surface area contributed by atoms with Gasteiger partial charge >= 0.3 is 12.4 Å². The number of rotatable bonds is 4. The Hall–Kier alpha value is -3.31. The van der Waals surface area contributed by atoms with Crippen molar-refractivity contribution in [3.8, 4) is 5.75 Å². The van der Waals surface area contributed by atoms with Crippen LogP contribution in [0, 0.1) is 10.1 Å². The van der Waals surface area contributed by atoms with Gasteiger partial charge in [0.2, 0.25) is 0 Å². The third-order valence-electron chi connectivity index (χ3n) is 3.50. The monoisotopic (exact) mass is 408 g/mol. The van der Waals surface area contributed by atoms with Gasteiger partial charge in [0, 0.05) is 5.56 Å². The first-order valence-electron chi connectivity index (χ1n) is 7.26. The molecule has 0 atom stereocenters. The van der Waals surface area contributed by atoms with Gasteiger partial charge in [0.25, 0.3) is 11.6 Å². The van der Waals surface area contributed by atoms with Crippen LogP contribution in [0.2, 0.25) is 0 Å². The zero-order valence-corrected chi connectivity index (χ0v) is 13.8. The van der Waals surface area contributed by atoms with E-state index in [9.17, 15) is 41.3 Å². The van der Waals surface area contributed by atoms with E-state index >= 15 is 0 Å². The van der Waals surface area contributed by atoms with E-state index in [0.29, 0.717) is 0 Å². The Morgan fingerprint density at radius 3 is 1.96 bits per heavy atom. The van der Waals surface area contributed by atoms with Crippen molar-refractivity contribution in [2.75, 3.05) is 12.4 Å². The van der Waals surface area contributed by atoms with Crippen LogP contribution in [-0.4, -0.2) is 17.9 Å². The van der Waals surface area contributed by atoms with Crippen LogP contribution in [0.15, 0.2) is 36.4 Å². The molecule has 0 aliphatic rings. The average molecular weight is 408 g/mol. The van der Waals surface area contributed by atoms with E-state index in [1.165, 1.54) is 13.2 Å². The second-order valence-corrected chi connectivity index (χ2v) is 5.39. The molecule has 0 aliphatic heterocycles. The Kier molecular flexibility index (Phi) is 5.52. The van der Waals surface area contributed by atoms with Crippen LogP contribution < -0.4 is 10.1 Å². The fourth-order valence-corrected chi connectivity index (χ4v) is 2.18. The maximum Gasteiger partial charge on any atom is 0.416 e. The highest BCUT2D eigenvalue weighted by molar-refractivity contribution is 6.05. The lowest BCUT2D eigenvalue weighted by molar-refractivity contribution is -0.384. The first-order chi connectivity index (χ1) is 12.8. The minimum absolute atomic E-state index is 0.0584. The zero-order chi connectivity index (χ0) is 21.3. The van der Waals surface area contributed by atoms with E-state index < -0.39 is 51.2 Å². The number of hydrogen-bond donors (Lipinski definition) is 1. The smallest absolute Gasteiger partial charge is 0.416 e. The fourth-order valence-electron chi connectivity index (χ4n) is 2.18. The molecule has 2 rings (SSSR count). The van der Waals surface area contributed by atoms with Crippen molar-refractivity contribution >= 4 is 17.3 Å². The number of carbonyl (C=O) groups is 1. The number of anilines is 1. The summed E-state index contributed by atoms with van der Waals surface area (Å²) >= 11 is 0. The maximum absolute atomic E-state index is 12.9. The second kappa shape index (κ2) is 7.37. The molecule has 0 saturated carbocycles. The van der Waals surface area contributed by atoms with Crippen molar-refractivity contribution in [2.45, 2.75) is 12.4 Å². The van der Waals surface area contributed by atoms with Gasteiger partial charge in [-0.1, -0.05) is 0 Å². The van der Waals surface area contributed by atoms with E-state index in [1.807, 2.05) is 5.32 Å². The van der Waals surface area contributed by atoms with Crippen molar-refractivity contribution in [1.29, 1.82) is 0 Å². The lowest BCUT2D eigenvalue weighted by atomic mass is 10.0. The maximum atomic E-state index is 12.9. The van der Waals surface area contributed by atoms with Crippen LogP contribution in [0.25, 0.3) is 0 Å². The van der Waals surface area contributed by atoms with Gasteiger partial charge in [-0.2, -0.15) is 26.3 Å². The molecule has 150 valence electrons. The number of halogens is 6. The Morgan fingerprint density at radius 2 is 1.54 bits per heavy atom. The lowest BCUT2D eigenvalue weighted by Crippen LogP contribution is -2.17. The van der Waals surface area contributed by atoms with Crippen LogP contribution in [0.1, 0.15) is 21.5 Å². The third-order valence-corrected chi connectivity index (χ3v) is 3.50. The highest BCUT2D eigenvalue weighted by Crippen LogP contribution is 2.37.